The lowest BCUT2D eigenvalue weighted by molar-refractivity contribution is -0.120. The van der Waals surface area contributed by atoms with Crippen LogP contribution in [0.3, 0.4) is 0 Å². The number of carbonyl (C=O) groups excluding carboxylic acids is 1. The Morgan fingerprint density at radius 1 is 1.10 bits per heavy atom. The maximum absolute atomic E-state index is 13.7. The highest BCUT2D eigenvalue weighted by molar-refractivity contribution is 5.92. The third kappa shape index (κ3) is 4.56. The number of benzene rings is 2. The fourth-order valence-corrected chi connectivity index (χ4v) is 3.48. The number of para-hydroxylation sites is 1. The van der Waals surface area contributed by atoms with Crippen molar-refractivity contribution in [3.8, 4) is 11.6 Å². The van der Waals surface area contributed by atoms with Crippen molar-refractivity contribution in [2.75, 3.05) is 23.3 Å². The molecule has 0 unspecified atom stereocenters. The Labute approximate surface area is 174 Å². The van der Waals surface area contributed by atoms with E-state index in [1.807, 2.05) is 30.3 Å². The topological polar surface area (TPSA) is 67.4 Å². The lowest BCUT2D eigenvalue weighted by Crippen LogP contribution is -2.38. The summed E-state index contributed by atoms with van der Waals surface area (Å²) in [5.74, 6) is 1.26. The Balaban J connectivity index is 1.39. The molecular weight excluding hydrogens is 383 g/mol. The first-order valence-corrected chi connectivity index (χ1v) is 9.96. The fraction of sp³-hybridized carbons (Fsp3) is 0.261. The van der Waals surface area contributed by atoms with Gasteiger partial charge in [-0.1, -0.05) is 24.3 Å². The van der Waals surface area contributed by atoms with Gasteiger partial charge in [0, 0.05) is 37.1 Å². The molecule has 6 nitrogen and oxygen atoms in total. The molecular formula is C23H23FN4O2. The average Bonchev–Trinajstić information content (AvgIpc) is 2.77. The molecule has 4 rings (SSSR count). The number of nitrogens with one attached hydrogen (secondary N) is 1. The second-order valence-electron chi connectivity index (χ2n) is 7.31. The zero-order valence-corrected chi connectivity index (χ0v) is 16.7. The molecule has 1 aromatic heterocycles. The van der Waals surface area contributed by atoms with Crippen molar-refractivity contribution in [1.29, 1.82) is 0 Å². The number of nitrogens with zero attached hydrogens (tertiary/aromatic N) is 3. The molecule has 1 fully saturated rings. The van der Waals surface area contributed by atoms with Crippen molar-refractivity contribution < 1.29 is 13.9 Å². The largest absolute Gasteiger partial charge is 0.436 e. The van der Waals surface area contributed by atoms with E-state index in [1.165, 1.54) is 6.07 Å². The molecule has 3 aromatic rings. The van der Waals surface area contributed by atoms with Crippen LogP contribution in [0.25, 0.3) is 0 Å². The van der Waals surface area contributed by atoms with E-state index in [1.54, 1.807) is 31.5 Å². The van der Waals surface area contributed by atoms with E-state index >= 15 is 0 Å². The molecule has 0 saturated carbocycles. The number of piperidine rings is 1. The van der Waals surface area contributed by atoms with Gasteiger partial charge in [-0.15, -0.1) is 0 Å². The standard InChI is InChI=1S/C23H23FN4O2/c1-16-7-8-18(15-20(16)24)27-22(29)17-9-13-28(14-10-17)21-23(26-12-11-25-21)30-19-5-3-2-4-6-19/h2-8,11-12,15,17H,9-10,13-14H2,1H3,(H,27,29). The van der Waals surface area contributed by atoms with Gasteiger partial charge in [-0.05, 0) is 49.6 Å². The van der Waals surface area contributed by atoms with Crippen molar-refractivity contribution in [1.82, 2.24) is 9.97 Å². The summed E-state index contributed by atoms with van der Waals surface area (Å²) in [4.78, 5) is 23.5. The maximum Gasteiger partial charge on any atom is 0.263 e. The summed E-state index contributed by atoms with van der Waals surface area (Å²) >= 11 is 0. The van der Waals surface area contributed by atoms with Crippen LogP contribution >= 0.6 is 0 Å². The van der Waals surface area contributed by atoms with E-state index < -0.39 is 0 Å². The van der Waals surface area contributed by atoms with Crippen LogP contribution in [0.1, 0.15) is 18.4 Å². The van der Waals surface area contributed by atoms with Crippen LogP contribution in [0.5, 0.6) is 11.6 Å². The van der Waals surface area contributed by atoms with E-state index in [2.05, 4.69) is 20.2 Å². The number of aryl methyl sites for hydroxylation is 1. The van der Waals surface area contributed by atoms with E-state index in [9.17, 15) is 9.18 Å². The molecule has 0 bridgehead atoms. The monoisotopic (exact) mass is 406 g/mol. The Morgan fingerprint density at radius 2 is 1.83 bits per heavy atom. The minimum atomic E-state index is -0.323. The second kappa shape index (κ2) is 8.90. The summed E-state index contributed by atoms with van der Waals surface area (Å²) in [6, 6.07) is 14.2. The second-order valence-corrected chi connectivity index (χ2v) is 7.31. The molecule has 0 radical (unpaired) electrons. The normalized spacial score (nSPS) is 14.4. The Hall–Kier alpha value is -3.48. The van der Waals surface area contributed by atoms with E-state index in [0.717, 1.165) is 0 Å². The highest BCUT2D eigenvalue weighted by atomic mass is 19.1. The smallest absolute Gasteiger partial charge is 0.263 e. The van der Waals surface area contributed by atoms with E-state index in [-0.39, 0.29) is 17.6 Å². The van der Waals surface area contributed by atoms with Gasteiger partial charge < -0.3 is 15.0 Å². The Morgan fingerprint density at radius 3 is 2.57 bits per heavy atom. The molecule has 0 atom stereocenters. The van der Waals surface area contributed by atoms with Crippen LogP contribution in [0, 0.1) is 18.7 Å². The number of ether oxygens (including phenoxy) is 1. The lowest BCUT2D eigenvalue weighted by atomic mass is 9.95. The van der Waals surface area contributed by atoms with Crippen molar-refractivity contribution in [2.45, 2.75) is 19.8 Å². The first kappa shape index (κ1) is 19.8. The fourth-order valence-electron chi connectivity index (χ4n) is 3.48. The Bertz CT molecular complexity index is 1020. The van der Waals surface area contributed by atoms with Gasteiger partial charge in [-0.25, -0.2) is 14.4 Å². The van der Waals surface area contributed by atoms with Gasteiger partial charge in [0.2, 0.25) is 5.91 Å². The zero-order chi connectivity index (χ0) is 20.9. The first-order chi connectivity index (χ1) is 14.6. The molecule has 7 heteroatoms. The third-order valence-corrected chi connectivity index (χ3v) is 5.21. The third-order valence-electron chi connectivity index (χ3n) is 5.21. The molecule has 2 aromatic carbocycles. The quantitative estimate of drug-likeness (QED) is 0.672. The number of aromatic nitrogens is 2. The predicted molar refractivity (Wildman–Crippen MR) is 113 cm³/mol. The summed E-state index contributed by atoms with van der Waals surface area (Å²) in [6.45, 7) is 3.01. The summed E-state index contributed by atoms with van der Waals surface area (Å²) in [5.41, 5.74) is 1.04. The van der Waals surface area contributed by atoms with Gasteiger partial charge in [0.15, 0.2) is 5.82 Å². The average molecular weight is 406 g/mol. The number of rotatable bonds is 5. The Kier molecular flexibility index (Phi) is 5.88. The number of carbonyl (C=O) groups is 1. The van der Waals surface area contributed by atoms with Crippen LogP contribution in [-0.4, -0.2) is 29.0 Å². The van der Waals surface area contributed by atoms with Crippen LogP contribution in [0.4, 0.5) is 15.9 Å². The molecule has 1 aliphatic rings. The molecule has 0 spiro atoms. The SMILES string of the molecule is Cc1ccc(NC(=O)C2CCN(c3nccnc3Oc3ccccc3)CC2)cc1F. The number of amides is 1. The molecule has 2 heterocycles. The summed E-state index contributed by atoms with van der Waals surface area (Å²) < 4.78 is 19.6. The predicted octanol–water partition coefficient (Wildman–Crippen LogP) is 4.57. The number of hydrogen-bond donors (Lipinski definition) is 1. The molecule has 1 saturated heterocycles. The van der Waals surface area contributed by atoms with E-state index in [0.29, 0.717) is 54.6 Å². The molecule has 30 heavy (non-hydrogen) atoms. The van der Waals surface area contributed by atoms with Crippen LogP contribution < -0.4 is 15.0 Å². The van der Waals surface area contributed by atoms with Gasteiger partial charge in [-0.2, -0.15) is 0 Å². The minimum absolute atomic E-state index is 0.0854. The van der Waals surface area contributed by atoms with Gasteiger partial charge >= 0.3 is 0 Å². The molecule has 1 aliphatic heterocycles. The van der Waals surface area contributed by atoms with Crippen LogP contribution in [0.2, 0.25) is 0 Å². The summed E-state index contributed by atoms with van der Waals surface area (Å²) in [6.07, 6.45) is 4.57. The van der Waals surface area contributed by atoms with Crippen molar-refractivity contribution in [3.05, 3.63) is 72.3 Å². The zero-order valence-electron chi connectivity index (χ0n) is 16.7. The van der Waals surface area contributed by atoms with Crippen molar-refractivity contribution in [2.24, 2.45) is 5.92 Å². The van der Waals surface area contributed by atoms with Gasteiger partial charge in [0.05, 0.1) is 0 Å². The number of hydrogen-bond acceptors (Lipinski definition) is 5. The minimum Gasteiger partial charge on any atom is -0.436 e. The lowest BCUT2D eigenvalue weighted by Gasteiger charge is -2.32. The van der Waals surface area contributed by atoms with Crippen LogP contribution in [0.15, 0.2) is 60.9 Å². The molecule has 0 aliphatic carbocycles. The van der Waals surface area contributed by atoms with Crippen molar-refractivity contribution in [3.63, 3.8) is 0 Å². The first-order valence-electron chi connectivity index (χ1n) is 9.96. The summed E-state index contributed by atoms with van der Waals surface area (Å²) in [5, 5.41) is 2.83. The molecule has 1 amide bonds. The summed E-state index contributed by atoms with van der Waals surface area (Å²) in [7, 11) is 0. The number of halogens is 1. The number of anilines is 2. The van der Waals surface area contributed by atoms with Gasteiger partial charge in [0.25, 0.3) is 5.88 Å². The van der Waals surface area contributed by atoms with Gasteiger partial charge in [0.1, 0.15) is 11.6 Å². The highest BCUT2D eigenvalue weighted by Gasteiger charge is 2.27. The van der Waals surface area contributed by atoms with E-state index in [4.69, 9.17) is 4.74 Å². The van der Waals surface area contributed by atoms with Crippen LogP contribution in [-0.2, 0) is 4.79 Å². The maximum atomic E-state index is 13.7. The molecule has 1 N–H and O–H groups in total. The highest BCUT2D eigenvalue weighted by Crippen LogP contribution is 2.31. The van der Waals surface area contributed by atoms with Crippen molar-refractivity contribution >= 4 is 17.4 Å². The van der Waals surface area contributed by atoms with Gasteiger partial charge in [-0.3, -0.25) is 4.79 Å². The molecule has 154 valence electrons.